The molecule has 1 heterocycles. The standard InChI is InChI=1S/C14H18BrN3O2/c1-18-9-10(8-17-18)3-4-16-7-11-5-12(15)14(19)13(6-11)20-2/h5-6,8-9,16,19H,3-4,7H2,1-2H3. The van der Waals surface area contributed by atoms with Crippen LogP contribution in [0, 0.1) is 0 Å². The minimum absolute atomic E-state index is 0.131. The molecule has 0 saturated heterocycles. The van der Waals surface area contributed by atoms with Gasteiger partial charge in [-0.15, -0.1) is 0 Å². The summed E-state index contributed by atoms with van der Waals surface area (Å²) in [5, 5.41) is 17.2. The number of aromatic nitrogens is 2. The maximum Gasteiger partial charge on any atom is 0.172 e. The Morgan fingerprint density at radius 2 is 2.20 bits per heavy atom. The van der Waals surface area contributed by atoms with Crippen molar-refractivity contribution >= 4 is 15.9 Å². The highest BCUT2D eigenvalue weighted by Crippen LogP contribution is 2.35. The fraction of sp³-hybridized carbons (Fsp3) is 0.357. The van der Waals surface area contributed by atoms with Crippen LogP contribution in [0.25, 0.3) is 0 Å². The molecule has 0 aliphatic carbocycles. The second-order valence-electron chi connectivity index (χ2n) is 4.58. The van der Waals surface area contributed by atoms with Gasteiger partial charge >= 0.3 is 0 Å². The van der Waals surface area contributed by atoms with E-state index in [4.69, 9.17) is 4.74 Å². The maximum atomic E-state index is 9.74. The molecule has 1 aromatic carbocycles. The molecule has 5 nitrogen and oxygen atoms in total. The van der Waals surface area contributed by atoms with Gasteiger partial charge < -0.3 is 15.2 Å². The number of phenolic OH excluding ortho intramolecular Hbond substituents is 1. The Hall–Kier alpha value is -1.53. The Kier molecular flexibility index (Phi) is 5.03. The van der Waals surface area contributed by atoms with E-state index in [0.717, 1.165) is 25.1 Å². The third-order valence-electron chi connectivity index (χ3n) is 2.99. The molecule has 0 saturated carbocycles. The first kappa shape index (κ1) is 14.9. The van der Waals surface area contributed by atoms with Gasteiger partial charge in [-0.3, -0.25) is 4.68 Å². The molecule has 0 aliphatic heterocycles. The number of aromatic hydroxyl groups is 1. The summed E-state index contributed by atoms with van der Waals surface area (Å²) in [5.41, 5.74) is 2.27. The molecule has 0 amide bonds. The van der Waals surface area contributed by atoms with Crippen LogP contribution in [0.2, 0.25) is 0 Å². The molecule has 1 aromatic heterocycles. The van der Waals surface area contributed by atoms with Crippen LogP contribution in [0.1, 0.15) is 11.1 Å². The van der Waals surface area contributed by atoms with E-state index in [1.165, 1.54) is 5.56 Å². The van der Waals surface area contributed by atoms with Crippen molar-refractivity contribution in [1.29, 1.82) is 0 Å². The van der Waals surface area contributed by atoms with Crippen LogP contribution in [-0.4, -0.2) is 28.5 Å². The van der Waals surface area contributed by atoms with E-state index in [9.17, 15) is 5.11 Å². The van der Waals surface area contributed by atoms with E-state index in [2.05, 4.69) is 26.3 Å². The normalized spacial score (nSPS) is 10.8. The van der Waals surface area contributed by atoms with Gasteiger partial charge in [0, 0.05) is 19.8 Å². The predicted octanol–water partition coefficient (Wildman–Crippen LogP) is 2.23. The number of phenols is 1. The van der Waals surface area contributed by atoms with Gasteiger partial charge in [0.15, 0.2) is 11.5 Å². The van der Waals surface area contributed by atoms with E-state index in [0.29, 0.717) is 10.2 Å². The summed E-state index contributed by atoms with van der Waals surface area (Å²) in [7, 11) is 3.46. The Balaban J connectivity index is 1.86. The zero-order valence-corrected chi connectivity index (χ0v) is 13.1. The summed E-state index contributed by atoms with van der Waals surface area (Å²) in [6.07, 6.45) is 4.83. The molecular weight excluding hydrogens is 322 g/mol. The maximum absolute atomic E-state index is 9.74. The smallest absolute Gasteiger partial charge is 0.172 e. The zero-order chi connectivity index (χ0) is 14.5. The first-order valence-electron chi connectivity index (χ1n) is 6.33. The molecule has 2 aromatic rings. The summed E-state index contributed by atoms with van der Waals surface area (Å²) < 4.78 is 7.57. The minimum Gasteiger partial charge on any atom is -0.503 e. The average molecular weight is 340 g/mol. The number of ether oxygens (including phenoxy) is 1. The van der Waals surface area contributed by atoms with Crippen LogP contribution in [0.15, 0.2) is 29.0 Å². The zero-order valence-electron chi connectivity index (χ0n) is 11.6. The van der Waals surface area contributed by atoms with Crippen LogP contribution in [0.5, 0.6) is 11.5 Å². The third-order valence-corrected chi connectivity index (χ3v) is 3.59. The largest absolute Gasteiger partial charge is 0.503 e. The van der Waals surface area contributed by atoms with Crippen molar-refractivity contribution < 1.29 is 9.84 Å². The predicted molar refractivity (Wildman–Crippen MR) is 81.0 cm³/mol. The monoisotopic (exact) mass is 339 g/mol. The summed E-state index contributed by atoms with van der Waals surface area (Å²) in [6.45, 7) is 1.59. The van der Waals surface area contributed by atoms with Gasteiger partial charge in [0.25, 0.3) is 0 Å². The van der Waals surface area contributed by atoms with E-state index >= 15 is 0 Å². The number of hydrogen-bond acceptors (Lipinski definition) is 4. The Bertz CT molecular complexity index is 584. The molecule has 0 bridgehead atoms. The lowest BCUT2D eigenvalue weighted by molar-refractivity contribution is 0.371. The lowest BCUT2D eigenvalue weighted by Gasteiger charge is -2.09. The molecule has 20 heavy (non-hydrogen) atoms. The van der Waals surface area contributed by atoms with Gasteiger partial charge in [-0.1, -0.05) is 0 Å². The fourth-order valence-corrected chi connectivity index (χ4v) is 2.44. The number of nitrogens with zero attached hydrogens (tertiary/aromatic N) is 2. The second-order valence-corrected chi connectivity index (χ2v) is 5.43. The molecule has 2 N–H and O–H groups in total. The highest BCUT2D eigenvalue weighted by molar-refractivity contribution is 9.10. The lowest BCUT2D eigenvalue weighted by Crippen LogP contribution is -2.16. The molecular formula is C14H18BrN3O2. The van der Waals surface area contributed by atoms with Gasteiger partial charge in [0.05, 0.1) is 17.8 Å². The Morgan fingerprint density at radius 1 is 1.40 bits per heavy atom. The molecule has 2 rings (SSSR count). The highest BCUT2D eigenvalue weighted by atomic mass is 79.9. The minimum atomic E-state index is 0.131. The number of nitrogens with one attached hydrogen (secondary N) is 1. The number of benzene rings is 1. The van der Waals surface area contributed by atoms with Crippen molar-refractivity contribution in [1.82, 2.24) is 15.1 Å². The molecule has 108 valence electrons. The van der Waals surface area contributed by atoms with Gasteiger partial charge in [-0.05, 0) is 52.2 Å². The van der Waals surface area contributed by atoms with Gasteiger partial charge in [-0.2, -0.15) is 5.10 Å². The van der Waals surface area contributed by atoms with Gasteiger partial charge in [0.1, 0.15) is 0 Å². The van der Waals surface area contributed by atoms with Crippen molar-refractivity contribution in [2.45, 2.75) is 13.0 Å². The number of methoxy groups -OCH3 is 1. The lowest BCUT2D eigenvalue weighted by atomic mass is 10.2. The van der Waals surface area contributed by atoms with E-state index < -0.39 is 0 Å². The van der Waals surface area contributed by atoms with Crippen molar-refractivity contribution in [3.05, 3.63) is 40.1 Å². The SMILES string of the molecule is COc1cc(CNCCc2cnn(C)c2)cc(Br)c1O. The topological polar surface area (TPSA) is 59.3 Å². The fourth-order valence-electron chi connectivity index (χ4n) is 1.95. The van der Waals surface area contributed by atoms with Crippen molar-refractivity contribution in [2.24, 2.45) is 7.05 Å². The number of hydrogen-bond donors (Lipinski definition) is 2. The molecule has 0 radical (unpaired) electrons. The molecule has 0 aliphatic rings. The van der Waals surface area contributed by atoms with E-state index in [1.54, 1.807) is 11.8 Å². The highest BCUT2D eigenvalue weighted by Gasteiger charge is 2.08. The van der Waals surface area contributed by atoms with Crippen LogP contribution < -0.4 is 10.1 Å². The summed E-state index contributed by atoms with van der Waals surface area (Å²) in [5.74, 6) is 0.607. The molecule has 0 fully saturated rings. The number of rotatable bonds is 6. The number of aryl methyl sites for hydroxylation is 1. The van der Waals surface area contributed by atoms with Crippen molar-refractivity contribution in [2.75, 3.05) is 13.7 Å². The third kappa shape index (κ3) is 3.74. The van der Waals surface area contributed by atoms with Crippen LogP contribution >= 0.6 is 15.9 Å². The van der Waals surface area contributed by atoms with E-state index in [1.807, 2.05) is 31.6 Å². The molecule has 0 unspecified atom stereocenters. The average Bonchev–Trinajstić information content (AvgIpc) is 2.84. The van der Waals surface area contributed by atoms with Crippen LogP contribution in [-0.2, 0) is 20.0 Å². The Morgan fingerprint density at radius 3 is 2.85 bits per heavy atom. The quantitative estimate of drug-likeness (QED) is 0.792. The first-order chi connectivity index (χ1) is 9.60. The second kappa shape index (κ2) is 6.76. The summed E-state index contributed by atoms with van der Waals surface area (Å²) in [4.78, 5) is 0. The first-order valence-corrected chi connectivity index (χ1v) is 7.13. The van der Waals surface area contributed by atoms with Crippen LogP contribution in [0.4, 0.5) is 0 Å². The van der Waals surface area contributed by atoms with Crippen LogP contribution in [0.3, 0.4) is 0 Å². The Labute approximate surface area is 126 Å². The van der Waals surface area contributed by atoms with Gasteiger partial charge in [0.2, 0.25) is 0 Å². The molecule has 0 spiro atoms. The van der Waals surface area contributed by atoms with Crippen molar-refractivity contribution in [3.63, 3.8) is 0 Å². The molecule has 0 atom stereocenters. The van der Waals surface area contributed by atoms with Gasteiger partial charge in [-0.25, -0.2) is 0 Å². The molecule has 6 heteroatoms. The summed E-state index contributed by atoms with van der Waals surface area (Å²) >= 11 is 3.32. The van der Waals surface area contributed by atoms with E-state index in [-0.39, 0.29) is 5.75 Å². The summed E-state index contributed by atoms with van der Waals surface area (Å²) in [6, 6.07) is 3.71. The van der Waals surface area contributed by atoms with Crippen molar-refractivity contribution in [3.8, 4) is 11.5 Å². The number of halogens is 1.